The van der Waals surface area contributed by atoms with Gasteiger partial charge in [0.2, 0.25) is 0 Å². The SMILES string of the molecule is CCCOc1ccc(C(N)CC(C)C(C)(C)C)cc1Br. The van der Waals surface area contributed by atoms with Crippen molar-refractivity contribution in [3.8, 4) is 5.75 Å². The standard InChI is InChI=1S/C17H28BrNO/c1-6-9-20-16-8-7-13(11-14(16)18)15(19)10-12(2)17(3,4)5/h7-8,11-12,15H,6,9-10,19H2,1-5H3. The minimum absolute atomic E-state index is 0.0701. The lowest BCUT2D eigenvalue weighted by Crippen LogP contribution is -2.23. The van der Waals surface area contributed by atoms with Crippen molar-refractivity contribution >= 4 is 15.9 Å². The number of halogens is 1. The molecule has 1 aromatic carbocycles. The molecule has 0 spiro atoms. The fourth-order valence-electron chi connectivity index (χ4n) is 1.95. The van der Waals surface area contributed by atoms with Crippen molar-refractivity contribution in [1.29, 1.82) is 0 Å². The molecule has 2 N–H and O–H groups in total. The highest BCUT2D eigenvalue weighted by molar-refractivity contribution is 9.10. The largest absolute Gasteiger partial charge is 0.492 e. The van der Waals surface area contributed by atoms with Crippen LogP contribution in [0.3, 0.4) is 0 Å². The summed E-state index contributed by atoms with van der Waals surface area (Å²) in [5.41, 5.74) is 7.80. The van der Waals surface area contributed by atoms with Crippen LogP contribution >= 0.6 is 15.9 Å². The van der Waals surface area contributed by atoms with E-state index >= 15 is 0 Å². The summed E-state index contributed by atoms with van der Waals surface area (Å²) in [5.74, 6) is 1.47. The van der Waals surface area contributed by atoms with Gasteiger partial charge in [0.05, 0.1) is 11.1 Å². The summed E-state index contributed by atoms with van der Waals surface area (Å²) in [6.45, 7) is 11.9. The summed E-state index contributed by atoms with van der Waals surface area (Å²) in [7, 11) is 0. The van der Waals surface area contributed by atoms with E-state index in [-0.39, 0.29) is 6.04 Å². The van der Waals surface area contributed by atoms with Gasteiger partial charge in [-0.3, -0.25) is 0 Å². The average Bonchev–Trinajstić information content (AvgIpc) is 2.36. The molecule has 2 atom stereocenters. The monoisotopic (exact) mass is 341 g/mol. The second-order valence-corrected chi connectivity index (χ2v) is 7.50. The maximum atomic E-state index is 6.35. The molecule has 0 fully saturated rings. The second kappa shape index (κ2) is 7.46. The Balaban J connectivity index is 2.74. The number of ether oxygens (including phenoxy) is 1. The van der Waals surface area contributed by atoms with E-state index in [1.54, 1.807) is 0 Å². The van der Waals surface area contributed by atoms with Crippen LogP contribution in [0.1, 0.15) is 59.1 Å². The Morgan fingerprint density at radius 1 is 1.30 bits per heavy atom. The molecule has 114 valence electrons. The van der Waals surface area contributed by atoms with Crippen molar-refractivity contribution in [3.63, 3.8) is 0 Å². The lowest BCUT2D eigenvalue weighted by atomic mass is 9.78. The Hall–Kier alpha value is -0.540. The van der Waals surface area contributed by atoms with Crippen molar-refractivity contribution in [1.82, 2.24) is 0 Å². The van der Waals surface area contributed by atoms with Crippen LogP contribution in [0.2, 0.25) is 0 Å². The van der Waals surface area contributed by atoms with Gasteiger partial charge in [-0.15, -0.1) is 0 Å². The molecule has 1 aromatic rings. The average molecular weight is 342 g/mol. The molecule has 2 nitrogen and oxygen atoms in total. The van der Waals surface area contributed by atoms with Crippen LogP contribution in [0.5, 0.6) is 5.75 Å². The molecule has 0 bridgehead atoms. The molecule has 20 heavy (non-hydrogen) atoms. The summed E-state index contributed by atoms with van der Waals surface area (Å²) in [4.78, 5) is 0. The predicted octanol–water partition coefficient (Wildman–Crippen LogP) is 5.31. The smallest absolute Gasteiger partial charge is 0.133 e. The Labute approximate surface area is 132 Å². The van der Waals surface area contributed by atoms with Crippen molar-refractivity contribution in [2.45, 2.75) is 53.5 Å². The van der Waals surface area contributed by atoms with Gasteiger partial charge in [-0.2, -0.15) is 0 Å². The molecule has 0 aliphatic rings. The van der Waals surface area contributed by atoms with Crippen LogP contribution in [0, 0.1) is 11.3 Å². The highest BCUT2D eigenvalue weighted by Crippen LogP contribution is 2.34. The van der Waals surface area contributed by atoms with Crippen LogP contribution in [-0.4, -0.2) is 6.61 Å². The minimum atomic E-state index is 0.0701. The Bertz CT molecular complexity index is 425. The Morgan fingerprint density at radius 3 is 2.45 bits per heavy atom. The van der Waals surface area contributed by atoms with E-state index in [2.05, 4.69) is 62.7 Å². The zero-order valence-corrected chi connectivity index (χ0v) is 15.0. The molecule has 0 aliphatic heterocycles. The van der Waals surface area contributed by atoms with Crippen molar-refractivity contribution in [2.24, 2.45) is 17.1 Å². The first-order valence-corrected chi connectivity index (χ1v) is 8.22. The van der Waals surface area contributed by atoms with Gasteiger partial charge in [0, 0.05) is 6.04 Å². The zero-order chi connectivity index (χ0) is 15.3. The molecule has 0 saturated carbocycles. The van der Waals surface area contributed by atoms with Gasteiger partial charge in [0.25, 0.3) is 0 Å². The molecule has 0 aromatic heterocycles. The molecular weight excluding hydrogens is 314 g/mol. The lowest BCUT2D eigenvalue weighted by molar-refractivity contribution is 0.234. The van der Waals surface area contributed by atoms with Crippen LogP contribution in [0.25, 0.3) is 0 Å². The van der Waals surface area contributed by atoms with Crippen LogP contribution in [0.15, 0.2) is 22.7 Å². The number of hydrogen-bond acceptors (Lipinski definition) is 2. The fraction of sp³-hybridized carbons (Fsp3) is 0.647. The number of rotatable bonds is 6. The van der Waals surface area contributed by atoms with Crippen LogP contribution in [-0.2, 0) is 0 Å². The first-order valence-electron chi connectivity index (χ1n) is 7.43. The third-order valence-electron chi connectivity index (χ3n) is 3.93. The Morgan fingerprint density at radius 2 is 1.95 bits per heavy atom. The third kappa shape index (κ3) is 5.10. The topological polar surface area (TPSA) is 35.2 Å². The first-order chi connectivity index (χ1) is 9.25. The van der Waals surface area contributed by atoms with Gasteiger partial charge < -0.3 is 10.5 Å². The van der Waals surface area contributed by atoms with Crippen molar-refractivity contribution in [2.75, 3.05) is 6.61 Å². The maximum absolute atomic E-state index is 6.35. The molecule has 0 aliphatic carbocycles. The van der Waals surface area contributed by atoms with E-state index in [1.165, 1.54) is 0 Å². The molecule has 2 unspecified atom stereocenters. The lowest BCUT2D eigenvalue weighted by Gasteiger charge is -2.29. The summed E-state index contributed by atoms with van der Waals surface area (Å²) >= 11 is 3.57. The number of hydrogen-bond donors (Lipinski definition) is 1. The molecular formula is C17H28BrNO. The number of nitrogens with two attached hydrogens (primary N) is 1. The molecule has 0 amide bonds. The van der Waals surface area contributed by atoms with Gasteiger partial charge in [-0.25, -0.2) is 0 Å². The number of benzene rings is 1. The summed E-state index contributed by atoms with van der Waals surface area (Å²) in [6.07, 6.45) is 2.00. The third-order valence-corrected chi connectivity index (χ3v) is 4.55. The van der Waals surface area contributed by atoms with E-state index < -0.39 is 0 Å². The van der Waals surface area contributed by atoms with Gasteiger partial charge in [0.1, 0.15) is 5.75 Å². The summed E-state index contributed by atoms with van der Waals surface area (Å²) in [6, 6.07) is 6.25. The van der Waals surface area contributed by atoms with Crippen LogP contribution in [0.4, 0.5) is 0 Å². The van der Waals surface area contributed by atoms with E-state index in [0.29, 0.717) is 11.3 Å². The summed E-state index contributed by atoms with van der Waals surface area (Å²) < 4.78 is 6.66. The van der Waals surface area contributed by atoms with Gasteiger partial charge in [-0.1, -0.05) is 40.7 Å². The normalized spacial score (nSPS) is 14.9. The zero-order valence-electron chi connectivity index (χ0n) is 13.4. The molecule has 0 radical (unpaired) electrons. The fourth-order valence-corrected chi connectivity index (χ4v) is 2.46. The van der Waals surface area contributed by atoms with Crippen molar-refractivity contribution in [3.05, 3.63) is 28.2 Å². The van der Waals surface area contributed by atoms with E-state index in [4.69, 9.17) is 10.5 Å². The summed E-state index contributed by atoms with van der Waals surface area (Å²) in [5, 5.41) is 0. The first kappa shape index (κ1) is 17.5. The van der Waals surface area contributed by atoms with Gasteiger partial charge >= 0.3 is 0 Å². The minimum Gasteiger partial charge on any atom is -0.492 e. The van der Waals surface area contributed by atoms with Gasteiger partial charge in [0.15, 0.2) is 0 Å². The van der Waals surface area contributed by atoms with E-state index in [0.717, 1.165) is 35.2 Å². The van der Waals surface area contributed by atoms with Gasteiger partial charge in [-0.05, 0) is 57.8 Å². The molecule has 0 saturated heterocycles. The van der Waals surface area contributed by atoms with E-state index in [9.17, 15) is 0 Å². The van der Waals surface area contributed by atoms with Crippen LogP contribution < -0.4 is 10.5 Å². The van der Waals surface area contributed by atoms with Crippen molar-refractivity contribution < 1.29 is 4.74 Å². The second-order valence-electron chi connectivity index (χ2n) is 6.65. The predicted molar refractivity (Wildman–Crippen MR) is 90.1 cm³/mol. The van der Waals surface area contributed by atoms with E-state index in [1.807, 2.05) is 6.07 Å². The molecule has 3 heteroatoms. The highest BCUT2D eigenvalue weighted by Gasteiger charge is 2.23. The molecule has 0 heterocycles. The maximum Gasteiger partial charge on any atom is 0.133 e. The Kier molecular flexibility index (Phi) is 6.53. The molecule has 1 rings (SSSR count). The highest BCUT2D eigenvalue weighted by atomic mass is 79.9. The quantitative estimate of drug-likeness (QED) is 0.760.